The minimum Gasteiger partial charge on any atom is -0.310 e. The van der Waals surface area contributed by atoms with Crippen LogP contribution in [0.1, 0.15) is 46.6 Å². The highest BCUT2D eigenvalue weighted by molar-refractivity contribution is 7.91. The van der Waals surface area contributed by atoms with Crippen LogP contribution in [0.3, 0.4) is 0 Å². The molecule has 0 spiro atoms. The molecule has 0 aromatic carbocycles. The minimum atomic E-state index is -3.36. The molecule has 0 bridgehead atoms. The van der Waals surface area contributed by atoms with Gasteiger partial charge in [-0.05, 0) is 28.8 Å². The number of rotatable bonds is 7. The highest BCUT2D eigenvalue weighted by atomic mass is 32.2. The van der Waals surface area contributed by atoms with Gasteiger partial charge in [-0.3, -0.25) is 0 Å². The van der Waals surface area contributed by atoms with Crippen LogP contribution in [0, 0.1) is 5.41 Å². The van der Waals surface area contributed by atoms with Crippen molar-refractivity contribution in [2.24, 2.45) is 5.41 Å². The smallest absolute Gasteiger partial charge is 0.250 e. The number of nitrogens with one attached hydrogen (secondary N) is 2. The molecule has 4 nitrogen and oxygen atoms in total. The molecule has 1 aromatic rings. The molecule has 0 aliphatic carbocycles. The molecule has 0 unspecified atom stereocenters. The van der Waals surface area contributed by atoms with E-state index in [9.17, 15) is 8.42 Å². The molecular weight excluding hydrogens is 292 g/mol. The van der Waals surface area contributed by atoms with Gasteiger partial charge in [0.15, 0.2) is 0 Å². The average Bonchev–Trinajstić information content (AvgIpc) is 2.73. The highest BCUT2D eigenvalue weighted by Gasteiger charge is 2.18. The fraction of sp³-hybridized carbons (Fsp3) is 0.714. The van der Waals surface area contributed by atoms with Gasteiger partial charge < -0.3 is 5.32 Å². The maximum Gasteiger partial charge on any atom is 0.250 e. The third-order valence-corrected chi connectivity index (χ3v) is 5.73. The molecule has 0 aliphatic rings. The first-order chi connectivity index (χ1) is 9.10. The molecule has 0 radical (unpaired) electrons. The van der Waals surface area contributed by atoms with Gasteiger partial charge in [-0.1, -0.05) is 34.6 Å². The molecule has 0 saturated carbocycles. The first kappa shape index (κ1) is 17.6. The Bertz CT molecular complexity index is 514. The Kier molecular flexibility index (Phi) is 6.19. The van der Waals surface area contributed by atoms with Crippen molar-refractivity contribution in [1.29, 1.82) is 0 Å². The standard InChI is InChI=1S/C14H26N2O2S2/c1-11(2)15-9-12-8-13(19-10-12)20(17,18)16-7-6-14(3,4)5/h8,10-11,15-16H,6-7,9H2,1-5H3. The van der Waals surface area contributed by atoms with Gasteiger partial charge >= 0.3 is 0 Å². The van der Waals surface area contributed by atoms with Gasteiger partial charge in [-0.15, -0.1) is 11.3 Å². The summed E-state index contributed by atoms with van der Waals surface area (Å²) in [6, 6.07) is 2.14. The summed E-state index contributed by atoms with van der Waals surface area (Å²) in [6.45, 7) is 11.6. The molecule has 0 atom stereocenters. The van der Waals surface area contributed by atoms with E-state index < -0.39 is 10.0 Å². The van der Waals surface area contributed by atoms with Crippen molar-refractivity contribution < 1.29 is 8.42 Å². The lowest BCUT2D eigenvalue weighted by Crippen LogP contribution is -2.27. The molecule has 6 heteroatoms. The van der Waals surface area contributed by atoms with Gasteiger partial charge in [0.1, 0.15) is 4.21 Å². The predicted molar refractivity (Wildman–Crippen MR) is 85.6 cm³/mol. The molecule has 1 rings (SSSR count). The van der Waals surface area contributed by atoms with Gasteiger partial charge in [0.25, 0.3) is 0 Å². The molecule has 1 heterocycles. The lowest BCUT2D eigenvalue weighted by molar-refractivity contribution is 0.378. The summed E-state index contributed by atoms with van der Waals surface area (Å²) in [7, 11) is -3.36. The fourth-order valence-corrected chi connectivity index (χ4v) is 3.83. The van der Waals surface area contributed by atoms with Gasteiger partial charge in [0.05, 0.1) is 0 Å². The van der Waals surface area contributed by atoms with E-state index >= 15 is 0 Å². The molecule has 1 aromatic heterocycles. The van der Waals surface area contributed by atoms with Crippen molar-refractivity contribution in [2.45, 2.75) is 57.8 Å². The van der Waals surface area contributed by atoms with Crippen molar-refractivity contribution in [1.82, 2.24) is 10.0 Å². The van der Waals surface area contributed by atoms with Crippen molar-refractivity contribution in [2.75, 3.05) is 6.54 Å². The molecule has 0 amide bonds. The monoisotopic (exact) mass is 318 g/mol. The van der Waals surface area contributed by atoms with E-state index in [4.69, 9.17) is 0 Å². The van der Waals surface area contributed by atoms with E-state index in [1.54, 1.807) is 6.07 Å². The Morgan fingerprint density at radius 2 is 1.95 bits per heavy atom. The van der Waals surface area contributed by atoms with Crippen molar-refractivity contribution in [3.63, 3.8) is 0 Å². The number of sulfonamides is 1. The molecule has 0 aliphatic heterocycles. The van der Waals surface area contributed by atoms with Crippen LogP contribution in [0.15, 0.2) is 15.7 Å². The summed E-state index contributed by atoms with van der Waals surface area (Å²) in [6.07, 6.45) is 0.819. The maximum atomic E-state index is 12.1. The molecule has 20 heavy (non-hydrogen) atoms. The Hall–Kier alpha value is -0.430. The SMILES string of the molecule is CC(C)NCc1csc(S(=O)(=O)NCCC(C)(C)C)c1. The molecule has 2 N–H and O–H groups in total. The first-order valence-corrected chi connectivity index (χ1v) is 9.27. The third kappa shape index (κ3) is 6.35. The number of thiophene rings is 1. The lowest BCUT2D eigenvalue weighted by Gasteiger charge is -2.17. The van der Waals surface area contributed by atoms with Crippen LogP contribution < -0.4 is 10.0 Å². The van der Waals surface area contributed by atoms with Gasteiger partial charge in [0.2, 0.25) is 10.0 Å². The molecule has 116 valence electrons. The van der Waals surface area contributed by atoms with Crippen LogP contribution in [0.4, 0.5) is 0 Å². The largest absolute Gasteiger partial charge is 0.310 e. The van der Waals surface area contributed by atoms with Crippen LogP contribution >= 0.6 is 11.3 Å². The van der Waals surface area contributed by atoms with Crippen LogP contribution in [0.2, 0.25) is 0 Å². The van der Waals surface area contributed by atoms with Gasteiger partial charge in [-0.25, -0.2) is 13.1 Å². The van der Waals surface area contributed by atoms with E-state index in [2.05, 4.69) is 44.7 Å². The normalized spacial score (nSPS) is 13.1. The zero-order valence-corrected chi connectivity index (χ0v) is 14.6. The zero-order valence-electron chi connectivity index (χ0n) is 13.0. The Morgan fingerprint density at radius 3 is 2.50 bits per heavy atom. The highest BCUT2D eigenvalue weighted by Crippen LogP contribution is 2.21. The third-order valence-electron chi connectivity index (χ3n) is 2.78. The topological polar surface area (TPSA) is 58.2 Å². The summed E-state index contributed by atoms with van der Waals surface area (Å²) >= 11 is 1.28. The van der Waals surface area contributed by atoms with Crippen molar-refractivity contribution in [3.05, 3.63) is 17.0 Å². The Balaban J connectivity index is 2.59. The van der Waals surface area contributed by atoms with Crippen LogP contribution in [-0.2, 0) is 16.6 Å². The molecular formula is C14H26N2O2S2. The van der Waals surface area contributed by atoms with E-state index in [-0.39, 0.29) is 5.41 Å². The second-order valence-corrected chi connectivity index (χ2v) is 9.42. The van der Waals surface area contributed by atoms with E-state index in [0.717, 1.165) is 12.0 Å². The molecule has 0 saturated heterocycles. The Morgan fingerprint density at radius 1 is 1.30 bits per heavy atom. The predicted octanol–water partition coefficient (Wildman–Crippen LogP) is 2.96. The molecule has 0 fully saturated rings. The second kappa shape index (κ2) is 7.02. The minimum absolute atomic E-state index is 0.129. The lowest BCUT2D eigenvalue weighted by atomic mass is 9.93. The van der Waals surface area contributed by atoms with Crippen LogP contribution in [0.25, 0.3) is 0 Å². The number of hydrogen-bond donors (Lipinski definition) is 2. The average molecular weight is 319 g/mol. The first-order valence-electron chi connectivity index (χ1n) is 6.91. The summed E-state index contributed by atoms with van der Waals surface area (Å²) in [5.41, 5.74) is 1.14. The van der Waals surface area contributed by atoms with E-state index in [1.165, 1.54) is 11.3 Å². The Labute approximate surface area is 127 Å². The van der Waals surface area contributed by atoms with E-state index in [0.29, 0.717) is 23.3 Å². The van der Waals surface area contributed by atoms with Crippen molar-refractivity contribution >= 4 is 21.4 Å². The quantitative estimate of drug-likeness (QED) is 0.812. The van der Waals surface area contributed by atoms with E-state index in [1.807, 2.05) is 5.38 Å². The zero-order chi connectivity index (χ0) is 15.4. The summed E-state index contributed by atoms with van der Waals surface area (Å²) in [5.74, 6) is 0. The fourth-order valence-electron chi connectivity index (χ4n) is 1.54. The number of hydrogen-bond acceptors (Lipinski definition) is 4. The van der Waals surface area contributed by atoms with Crippen LogP contribution in [0.5, 0.6) is 0 Å². The summed E-state index contributed by atoms with van der Waals surface area (Å²) in [4.78, 5) is 0. The summed E-state index contributed by atoms with van der Waals surface area (Å²) < 4.78 is 27.4. The van der Waals surface area contributed by atoms with Crippen molar-refractivity contribution in [3.8, 4) is 0 Å². The second-order valence-electron chi connectivity index (χ2n) is 6.52. The van der Waals surface area contributed by atoms with Gasteiger partial charge in [-0.2, -0.15) is 0 Å². The summed E-state index contributed by atoms with van der Waals surface area (Å²) in [5, 5.41) is 5.18. The van der Waals surface area contributed by atoms with Gasteiger partial charge in [0, 0.05) is 19.1 Å². The van der Waals surface area contributed by atoms with Crippen LogP contribution in [-0.4, -0.2) is 21.0 Å². The maximum absolute atomic E-state index is 12.1.